The van der Waals surface area contributed by atoms with Crippen molar-refractivity contribution in [1.82, 2.24) is 5.32 Å². The van der Waals surface area contributed by atoms with E-state index in [0.29, 0.717) is 5.75 Å². The number of rotatable bonds is 6. The third-order valence-electron chi connectivity index (χ3n) is 2.88. The Kier molecular flexibility index (Phi) is 5.13. The van der Waals surface area contributed by atoms with Crippen LogP contribution in [-0.4, -0.2) is 24.1 Å². The highest BCUT2D eigenvalue weighted by atomic mass is 32.2. The molecule has 19 heavy (non-hydrogen) atoms. The SMILES string of the molecule is CNC(CS(=O)c1cccs1)c1cccc(OC)c1. The molecule has 1 aromatic heterocycles. The molecule has 0 aliphatic carbocycles. The predicted octanol–water partition coefficient (Wildman–Crippen LogP) is 2.83. The zero-order chi connectivity index (χ0) is 13.7. The smallest absolute Gasteiger partial charge is 0.119 e. The van der Waals surface area contributed by atoms with E-state index in [1.165, 1.54) is 11.3 Å². The Morgan fingerprint density at radius 1 is 1.37 bits per heavy atom. The van der Waals surface area contributed by atoms with Crippen LogP contribution in [0.25, 0.3) is 0 Å². The Labute approximate surface area is 120 Å². The first-order valence-electron chi connectivity index (χ1n) is 5.97. The maximum atomic E-state index is 12.3. The van der Waals surface area contributed by atoms with Crippen molar-refractivity contribution in [1.29, 1.82) is 0 Å². The third kappa shape index (κ3) is 3.65. The fourth-order valence-electron chi connectivity index (χ4n) is 1.83. The van der Waals surface area contributed by atoms with Gasteiger partial charge in [-0.05, 0) is 36.2 Å². The summed E-state index contributed by atoms with van der Waals surface area (Å²) in [5, 5.41) is 5.17. The van der Waals surface area contributed by atoms with Crippen molar-refractivity contribution in [3.05, 3.63) is 47.3 Å². The molecule has 0 radical (unpaired) electrons. The summed E-state index contributed by atoms with van der Waals surface area (Å²) in [6, 6.07) is 11.8. The van der Waals surface area contributed by atoms with Gasteiger partial charge in [-0.15, -0.1) is 11.3 Å². The summed E-state index contributed by atoms with van der Waals surface area (Å²) in [7, 11) is 2.56. The number of ether oxygens (including phenoxy) is 1. The zero-order valence-corrected chi connectivity index (χ0v) is 12.6. The number of methoxy groups -OCH3 is 1. The van der Waals surface area contributed by atoms with Gasteiger partial charge in [0.1, 0.15) is 5.75 Å². The van der Waals surface area contributed by atoms with Gasteiger partial charge < -0.3 is 10.1 Å². The maximum Gasteiger partial charge on any atom is 0.119 e. The first kappa shape index (κ1) is 14.2. The van der Waals surface area contributed by atoms with E-state index in [2.05, 4.69) is 5.32 Å². The number of hydrogen-bond acceptors (Lipinski definition) is 4. The van der Waals surface area contributed by atoms with Crippen molar-refractivity contribution in [2.45, 2.75) is 10.3 Å². The highest BCUT2D eigenvalue weighted by Crippen LogP contribution is 2.22. The lowest BCUT2D eigenvalue weighted by molar-refractivity contribution is 0.413. The third-order valence-corrected chi connectivity index (χ3v) is 5.61. The Hall–Kier alpha value is -1.17. The summed E-state index contributed by atoms with van der Waals surface area (Å²) in [5.41, 5.74) is 1.09. The van der Waals surface area contributed by atoms with Gasteiger partial charge in [0.05, 0.1) is 22.1 Å². The van der Waals surface area contributed by atoms with E-state index in [1.54, 1.807) is 7.11 Å². The first-order chi connectivity index (χ1) is 9.24. The van der Waals surface area contributed by atoms with E-state index in [0.717, 1.165) is 15.5 Å². The quantitative estimate of drug-likeness (QED) is 0.890. The van der Waals surface area contributed by atoms with Crippen molar-refractivity contribution in [3.63, 3.8) is 0 Å². The lowest BCUT2D eigenvalue weighted by Gasteiger charge is -2.16. The van der Waals surface area contributed by atoms with Crippen LogP contribution in [0.15, 0.2) is 46.0 Å². The number of benzene rings is 1. The molecular formula is C14H17NO2S2. The van der Waals surface area contributed by atoms with Gasteiger partial charge >= 0.3 is 0 Å². The van der Waals surface area contributed by atoms with Crippen LogP contribution in [-0.2, 0) is 10.8 Å². The lowest BCUT2D eigenvalue weighted by atomic mass is 10.1. The minimum atomic E-state index is -0.976. The molecule has 1 aromatic carbocycles. The summed E-state index contributed by atoms with van der Waals surface area (Å²) in [4.78, 5) is 0. The molecule has 2 atom stereocenters. The van der Waals surface area contributed by atoms with Crippen LogP contribution < -0.4 is 10.1 Å². The summed E-state index contributed by atoms with van der Waals surface area (Å²) >= 11 is 1.53. The molecule has 2 unspecified atom stereocenters. The van der Waals surface area contributed by atoms with Crippen LogP contribution in [0, 0.1) is 0 Å². The molecule has 0 aliphatic heterocycles. The van der Waals surface area contributed by atoms with Gasteiger partial charge in [0.2, 0.25) is 0 Å². The standard InChI is InChI=1S/C14H17NO2S2/c1-15-13(10-19(16)14-7-4-8-18-14)11-5-3-6-12(9-11)17-2/h3-9,13,15H,10H2,1-2H3. The molecule has 0 spiro atoms. The Morgan fingerprint density at radius 3 is 2.84 bits per heavy atom. The van der Waals surface area contributed by atoms with Crippen molar-refractivity contribution >= 4 is 22.1 Å². The van der Waals surface area contributed by atoms with Gasteiger partial charge in [0.15, 0.2) is 0 Å². The normalized spacial score (nSPS) is 14.0. The molecule has 0 saturated heterocycles. The van der Waals surface area contributed by atoms with Gasteiger partial charge in [-0.3, -0.25) is 4.21 Å². The highest BCUT2D eigenvalue weighted by molar-refractivity contribution is 7.87. The largest absolute Gasteiger partial charge is 0.497 e. The highest BCUT2D eigenvalue weighted by Gasteiger charge is 2.15. The Morgan fingerprint density at radius 2 is 2.21 bits per heavy atom. The minimum absolute atomic E-state index is 0.0537. The molecule has 102 valence electrons. The van der Waals surface area contributed by atoms with Crippen LogP contribution >= 0.6 is 11.3 Å². The van der Waals surface area contributed by atoms with Crippen LogP contribution in [0.4, 0.5) is 0 Å². The average molecular weight is 295 g/mol. The van der Waals surface area contributed by atoms with Crippen LogP contribution in [0.2, 0.25) is 0 Å². The number of nitrogens with one attached hydrogen (secondary N) is 1. The zero-order valence-electron chi connectivity index (χ0n) is 11.0. The number of thiophene rings is 1. The predicted molar refractivity (Wildman–Crippen MR) is 80.4 cm³/mol. The minimum Gasteiger partial charge on any atom is -0.497 e. The molecule has 1 heterocycles. The van der Waals surface area contributed by atoms with Crippen molar-refractivity contribution < 1.29 is 8.95 Å². The van der Waals surface area contributed by atoms with E-state index in [9.17, 15) is 4.21 Å². The summed E-state index contributed by atoms with van der Waals surface area (Å²) < 4.78 is 18.4. The summed E-state index contributed by atoms with van der Waals surface area (Å²) in [6.45, 7) is 0. The van der Waals surface area contributed by atoms with Crippen LogP contribution in [0.5, 0.6) is 5.75 Å². The molecule has 5 heteroatoms. The van der Waals surface area contributed by atoms with E-state index in [1.807, 2.05) is 48.8 Å². The van der Waals surface area contributed by atoms with Crippen LogP contribution in [0.3, 0.4) is 0 Å². The molecule has 1 N–H and O–H groups in total. The van der Waals surface area contributed by atoms with Gasteiger partial charge in [0.25, 0.3) is 0 Å². The second-order valence-electron chi connectivity index (χ2n) is 4.06. The second-order valence-corrected chi connectivity index (χ2v) is 6.73. The van der Waals surface area contributed by atoms with E-state index in [4.69, 9.17) is 4.74 Å². The van der Waals surface area contributed by atoms with Crippen molar-refractivity contribution in [3.8, 4) is 5.75 Å². The monoisotopic (exact) mass is 295 g/mol. The first-order valence-corrected chi connectivity index (χ1v) is 8.17. The van der Waals surface area contributed by atoms with Gasteiger partial charge in [0, 0.05) is 11.8 Å². The number of hydrogen-bond donors (Lipinski definition) is 1. The average Bonchev–Trinajstić information content (AvgIpc) is 2.98. The Bertz CT molecular complexity index is 540. The lowest BCUT2D eigenvalue weighted by Crippen LogP contribution is -2.22. The molecule has 0 saturated carbocycles. The molecule has 2 aromatic rings. The summed E-state index contributed by atoms with van der Waals surface area (Å²) in [5.74, 6) is 1.38. The van der Waals surface area contributed by atoms with Crippen molar-refractivity contribution in [2.24, 2.45) is 0 Å². The van der Waals surface area contributed by atoms with Gasteiger partial charge in [-0.1, -0.05) is 18.2 Å². The second kappa shape index (κ2) is 6.84. The van der Waals surface area contributed by atoms with E-state index < -0.39 is 10.8 Å². The van der Waals surface area contributed by atoms with E-state index in [-0.39, 0.29) is 6.04 Å². The summed E-state index contributed by atoms with van der Waals surface area (Å²) in [6.07, 6.45) is 0. The molecule has 0 bridgehead atoms. The fraction of sp³-hybridized carbons (Fsp3) is 0.286. The topological polar surface area (TPSA) is 38.3 Å². The molecule has 0 aliphatic rings. The Balaban J connectivity index is 2.13. The van der Waals surface area contributed by atoms with Gasteiger partial charge in [-0.25, -0.2) is 0 Å². The van der Waals surface area contributed by atoms with E-state index >= 15 is 0 Å². The molecule has 3 nitrogen and oxygen atoms in total. The van der Waals surface area contributed by atoms with Gasteiger partial charge in [-0.2, -0.15) is 0 Å². The van der Waals surface area contributed by atoms with Crippen molar-refractivity contribution in [2.75, 3.05) is 19.9 Å². The molecular weight excluding hydrogens is 278 g/mol. The fourth-order valence-corrected chi connectivity index (χ4v) is 4.14. The molecule has 0 amide bonds. The molecule has 2 rings (SSSR count). The molecule has 0 fully saturated rings. The van der Waals surface area contributed by atoms with Crippen LogP contribution in [0.1, 0.15) is 11.6 Å². The maximum absolute atomic E-state index is 12.3.